The molecule has 1 atom stereocenters. The van der Waals surface area contributed by atoms with Gasteiger partial charge in [0.05, 0.1) is 6.61 Å². The maximum absolute atomic E-state index is 12.2. The zero-order chi connectivity index (χ0) is 19.5. The van der Waals surface area contributed by atoms with Crippen molar-refractivity contribution in [3.63, 3.8) is 0 Å². The Hall–Kier alpha value is -2.34. The van der Waals surface area contributed by atoms with Crippen LogP contribution < -0.4 is 15.4 Å². The highest BCUT2D eigenvalue weighted by Gasteiger charge is 2.06. The molecule has 0 spiro atoms. The number of nitrogens with zero attached hydrogens (tertiary/aromatic N) is 1. The fourth-order valence-corrected chi connectivity index (χ4v) is 3.65. The lowest BCUT2D eigenvalue weighted by Gasteiger charge is -2.15. The van der Waals surface area contributed by atoms with Crippen molar-refractivity contribution < 1.29 is 8.95 Å². The van der Waals surface area contributed by atoms with Crippen molar-refractivity contribution in [1.29, 1.82) is 0 Å². The van der Waals surface area contributed by atoms with Crippen LogP contribution in [0.5, 0.6) is 5.75 Å². The first-order valence-electron chi connectivity index (χ1n) is 9.18. The fourth-order valence-electron chi connectivity index (χ4n) is 2.61. The Bertz CT molecular complexity index is 763. The van der Waals surface area contributed by atoms with Crippen molar-refractivity contribution in [3.8, 4) is 5.75 Å². The van der Waals surface area contributed by atoms with Crippen LogP contribution in [0.15, 0.2) is 53.5 Å². The predicted molar refractivity (Wildman–Crippen MR) is 114 cm³/mol. The smallest absolute Gasteiger partial charge is 0.191 e. The van der Waals surface area contributed by atoms with Crippen molar-refractivity contribution >= 4 is 16.8 Å². The fraction of sp³-hybridized carbons (Fsp3) is 0.381. The van der Waals surface area contributed by atoms with E-state index in [4.69, 9.17) is 4.74 Å². The summed E-state index contributed by atoms with van der Waals surface area (Å²) in [7, 11) is 0.827. The molecule has 0 saturated heterocycles. The molecule has 0 heterocycles. The Morgan fingerprint density at radius 1 is 1.15 bits per heavy atom. The van der Waals surface area contributed by atoms with E-state index in [0.717, 1.165) is 16.9 Å². The summed E-state index contributed by atoms with van der Waals surface area (Å²) in [6.07, 6.45) is 0. The van der Waals surface area contributed by atoms with Crippen LogP contribution in [0.1, 0.15) is 23.6 Å². The van der Waals surface area contributed by atoms with E-state index in [-0.39, 0.29) is 0 Å². The van der Waals surface area contributed by atoms with Gasteiger partial charge in [-0.3, -0.25) is 9.20 Å². The van der Waals surface area contributed by atoms with Crippen LogP contribution in [0.3, 0.4) is 0 Å². The third-order valence-electron chi connectivity index (χ3n) is 3.99. The molecular weight excluding hydrogens is 358 g/mol. The summed E-state index contributed by atoms with van der Waals surface area (Å²) < 4.78 is 17.9. The number of nitrogens with one attached hydrogen (secondary N) is 2. The number of aliphatic imine (C=N–C) groups is 1. The first-order chi connectivity index (χ1) is 13.1. The molecule has 0 saturated carbocycles. The van der Waals surface area contributed by atoms with Crippen LogP contribution in [-0.2, 0) is 23.1 Å². The summed E-state index contributed by atoms with van der Waals surface area (Å²) in [5.41, 5.74) is 3.35. The van der Waals surface area contributed by atoms with Crippen LogP contribution in [0.2, 0.25) is 0 Å². The molecule has 1 unspecified atom stereocenters. The van der Waals surface area contributed by atoms with Gasteiger partial charge in [0, 0.05) is 48.0 Å². The molecule has 5 nitrogen and oxygen atoms in total. The summed E-state index contributed by atoms with van der Waals surface area (Å²) in [4.78, 5) is 4.23. The zero-order valence-electron chi connectivity index (χ0n) is 16.3. The van der Waals surface area contributed by atoms with E-state index >= 15 is 0 Å². The van der Waals surface area contributed by atoms with E-state index in [1.165, 1.54) is 5.56 Å². The van der Waals surface area contributed by atoms with Crippen molar-refractivity contribution in [2.45, 2.75) is 26.1 Å². The molecule has 6 heteroatoms. The first kappa shape index (κ1) is 21.0. The van der Waals surface area contributed by atoms with Crippen LogP contribution in [0.4, 0.5) is 0 Å². The lowest BCUT2D eigenvalue weighted by atomic mass is 10.1. The maximum atomic E-state index is 12.2. The van der Waals surface area contributed by atoms with Crippen LogP contribution in [-0.4, -0.2) is 36.1 Å². The Kier molecular flexibility index (Phi) is 8.84. The van der Waals surface area contributed by atoms with E-state index < -0.39 is 10.8 Å². The van der Waals surface area contributed by atoms with Gasteiger partial charge in [0.1, 0.15) is 5.75 Å². The number of benzene rings is 2. The SMILES string of the molecule is CCOc1cc(C)ccc1CNC(=NC)NCCS(=O)Cc1ccccc1. The van der Waals surface area contributed by atoms with Crippen molar-refractivity contribution in [1.82, 2.24) is 10.6 Å². The molecule has 146 valence electrons. The van der Waals surface area contributed by atoms with Crippen LogP contribution in [0, 0.1) is 6.92 Å². The minimum Gasteiger partial charge on any atom is -0.494 e. The topological polar surface area (TPSA) is 62.7 Å². The molecule has 0 radical (unpaired) electrons. The van der Waals surface area contributed by atoms with Gasteiger partial charge in [-0.25, -0.2) is 0 Å². The number of hydrogen-bond acceptors (Lipinski definition) is 3. The number of ether oxygens (including phenoxy) is 1. The molecule has 0 aromatic heterocycles. The molecule has 0 aliphatic carbocycles. The summed E-state index contributed by atoms with van der Waals surface area (Å²) in [6.45, 7) is 5.88. The van der Waals surface area contributed by atoms with Gasteiger partial charge in [0.25, 0.3) is 0 Å². The second kappa shape index (κ2) is 11.4. The van der Waals surface area contributed by atoms with Gasteiger partial charge < -0.3 is 15.4 Å². The maximum Gasteiger partial charge on any atom is 0.191 e. The van der Waals surface area contributed by atoms with Crippen LogP contribution >= 0.6 is 0 Å². The minimum absolute atomic E-state index is 0.574. The minimum atomic E-state index is -0.904. The standard InChI is InChI=1S/C21H29N3O2S/c1-4-26-20-14-17(2)10-11-19(20)15-24-21(22-3)23-12-13-27(25)16-18-8-6-5-7-9-18/h5-11,14H,4,12-13,15-16H2,1-3H3,(H2,22,23,24). The van der Waals surface area contributed by atoms with E-state index in [0.29, 0.717) is 37.2 Å². The molecule has 2 aromatic rings. The molecule has 0 aliphatic heterocycles. The molecule has 0 aliphatic rings. The molecule has 2 rings (SSSR count). The molecule has 0 fully saturated rings. The lowest BCUT2D eigenvalue weighted by Crippen LogP contribution is -2.38. The van der Waals surface area contributed by atoms with Gasteiger partial charge >= 0.3 is 0 Å². The highest BCUT2D eigenvalue weighted by atomic mass is 32.2. The van der Waals surface area contributed by atoms with E-state index in [1.807, 2.05) is 43.3 Å². The molecule has 0 bridgehead atoms. The molecule has 2 aromatic carbocycles. The zero-order valence-corrected chi connectivity index (χ0v) is 17.1. The van der Waals surface area contributed by atoms with Gasteiger partial charge in [-0.05, 0) is 31.0 Å². The third-order valence-corrected chi connectivity index (χ3v) is 5.30. The second-order valence-electron chi connectivity index (χ2n) is 6.17. The lowest BCUT2D eigenvalue weighted by molar-refractivity contribution is 0.336. The third kappa shape index (κ3) is 7.43. The van der Waals surface area contributed by atoms with Crippen molar-refractivity contribution in [2.24, 2.45) is 4.99 Å². The number of rotatable bonds is 9. The quantitative estimate of drug-likeness (QED) is 0.513. The molecule has 2 N–H and O–H groups in total. The average molecular weight is 388 g/mol. The summed E-state index contributed by atoms with van der Waals surface area (Å²) >= 11 is 0. The number of aryl methyl sites for hydroxylation is 1. The Balaban J connectivity index is 1.78. The summed E-state index contributed by atoms with van der Waals surface area (Å²) in [6, 6.07) is 16.1. The Labute approximate surface area is 164 Å². The largest absolute Gasteiger partial charge is 0.494 e. The van der Waals surface area contributed by atoms with Gasteiger partial charge in [0.15, 0.2) is 5.96 Å². The first-order valence-corrected chi connectivity index (χ1v) is 10.7. The van der Waals surface area contributed by atoms with Gasteiger partial charge in [-0.2, -0.15) is 0 Å². The average Bonchev–Trinajstić information content (AvgIpc) is 2.67. The van der Waals surface area contributed by atoms with Gasteiger partial charge in [-0.1, -0.05) is 42.5 Å². The number of hydrogen-bond donors (Lipinski definition) is 2. The molecular formula is C21H29N3O2S. The molecule has 0 amide bonds. The highest BCUT2D eigenvalue weighted by Crippen LogP contribution is 2.20. The second-order valence-corrected chi connectivity index (χ2v) is 7.75. The van der Waals surface area contributed by atoms with E-state index in [2.05, 4.69) is 34.7 Å². The predicted octanol–water partition coefficient (Wildman–Crippen LogP) is 3.01. The summed E-state index contributed by atoms with van der Waals surface area (Å²) in [5.74, 6) is 2.74. The van der Waals surface area contributed by atoms with Crippen molar-refractivity contribution in [2.75, 3.05) is 26.0 Å². The molecule has 27 heavy (non-hydrogen) atoms. The van der Waals surface area contributed by atoms with E-state index in [1.54, 1.807) is 7.05 Å². The Morgan fingerprint density at radius 3 is 2.63 bits per heavy atom. The van der Waals surface area contributed by atoms with E-state index in [9.17, 15) is 4.21 Å². The highest BCUT2D eigenvalue weighted by molar-refractivity contribution is 7.84. The van der Waals surface area contributed by atoms with Gasteiger partial charge in [0.2, 0.25) is 0 Å². The Morgan fingerprint density at radius 2 is 1.93 bits per heavy atom. The summed E-state index contributed by atoms with van der Waals surface area (Å²) in [5, 5.41) is 6.51. The monoisotopic (exact) mass is 387 g/mol. The van der Waals surface area contributed by atoms with Crippen molar-refractivity contribution in [3.05, 3.63) is 65.2 Å². The normalized spacial score (nSPS) is 12.5. The number of guanidine groups is 1. The van der Waals surface area contributed by atoms with Crippen LogP contribution in [0.25, 0.3) is 0 Å². The van der Waals surface area contributed by atoms with Gasteiger partial charge in [-0.15, -0.1) is 0 Å².